The molecule has 0 saturated heterocycles. The molecule has 268 valence electrons. The van der Waals surface area contributed by atoms with Crippen LogP contribution in [0.5, 0.6) is 0 Å². The standard InChI is InChI=1S/C33H52N6O9/c1-19(2)33(14,27(45)48-28(3,4)5)38-26(44)32(12,13)37-25(43)31(10,11)36-24(42)30(8,9)35-23(41)29(6,7)34-22(40)20-15-17-21(18-16-20)39(46)47/h15-19H,1-14H3,(H,34,40)(H,35,41)(H,36,42)(H,37,43)(H,38,44)/t33-/m0/s1. The van der Waals surface area contributed by atoms with Crippen LogP contribution in [-0.4, -0.2) is 73.7 Å². The lowest BCUT2D eigenvalue weighted by molar-refractivity contribution is -0.384. The highest BCUT2D eigenvalue weighted by molar-refractivity contribution is 6.02. The van der Waals surface area contributed by atoms with Gasteiger partial charge in [0.1, 0.15) is 33.3 Å². The lowest BCUT2D eigenvalue weighted by Crippen LogP contribution is -2.69. The van der Waals surface area contributed by atoms with Gasteiger partial charge in [0.15, 0.2) is 0 Å². The van der Waals surface area contributed by atoms with Gasteiger partial charge in [0.25, 0.3) is 11.6 Å². The molecule has 15 heteroatoms. The van der Waals surface area contributed by atoms with Gasteiger partial charge in [0, 0.05) is 17.7 Å². The molecule has 0 unspecified atom stereocenters. The number of nitrogens with zero attached hydrogens (tertiary/aromatic N) is 1. The van der Waals surface area contributed by atoms with Gasteiger partial charge >= 0.3 is 5.97 Å². The molecule has 0 aliphatic heterocycles. The second kappa shape index (κ2) is 14.3. The van der Waals surface area contributed by atoms with Crippen LogP contribution in [0.4, 0.5) is 5.69 Å². The van der Waals surface area contributed by atoms with E-state index in [9.17, 15) is 38.9 Å². The van der Waals surface area contributed by atoms with Crippen molar-refractivity contribution in [3.05, 3.63) is 39.9 Å². The molecule has 5 amide bonds. The van der Waals surface area contributed by atoms with Gasteiger partial charge in [-0.1, -0.05) is 13.8 Å². The third kappa shape index (κ3) is 10.7. The monoisotopic (exact) mass is 676 g/mol. The molecule has 1 rings (SSSR count). The summed E-state index contributed by atoms with van der Waals surface area (Å²) in [7, 11) is 0. The zero-order valence-corrected chi connectivity index (χ0v) is 30.5. The van der Waals surface area contributed by atoms with Gasteiger partial charge in [-0.15, -0.1) is 0 Å². The van der Waals surface area contributed by atoms with E-state index in [1.54, 1.807) is 41.5 Å². The Hall–Kier alpha value is -4.56. The summed E-state index contributed by atoms with van der Waals surface area (Å²) < 4.78 is 5.53. The maximum Gasteiger partial charge on any atom is 0.332 e. The topological polar surface area (TPSA) is 215 Å². The van der Waals surface area contributed by atoms with Crippen LogP contribution in [0.25, 0.3) is 0 Å². The molecule has 0 saturated carbocycles. The second-order valence-electron chi connectivity index (χ2n) is 15.4. The smallest absolute Gasteiger partial charge is 0.332 e. The number of hydrogen-bond donors (Lipinski definition) is 5. The Bertz CT molecular complexity index is 1440. The Kier molecular flexibility index (Phi) is 12.3. The van der Waals surface area contributed by atoms with Crippen molar-refractivity contribution in [1.29, 1.82) is 0 Å². The molecule has 0 aliphatic carbocycles. The summed E-state index contributed by atoms with van der Waals surface area (Å²) in [4.78, 5) is 89.4. The van der Waals surface area contributed by atoms with Crippen molar-refractivity contribution < 1.29 is 38.4 Å². The number of benzene rings is 1. The van der Waals surface area contributed by atoms with Crippen LogP contribution in [0.1, 0.15) is 107 Å². The largest absolute Gasteiger partial charge is 0.458 e. The number of nitro benzene ring substituents is 1. The first-order chi connectivity index (χ1) is 21.4. The van der Waals surface area contributed by atoms with Crippen molar-refractivity contribution in [1.82, 2.24) is 26.6 Å². The number of ether oxygens (including phenoxy) is 1. The van der Waals surface area contributed by atoms with Crippen LogP contribution in [0.15, 0.2) is 24.3 Å². The predicted octanol–water partition coefficient (Wildman–Crippen LogP) is 2.66. The summed E-state index contributed by atoms with van der Waals surface area (Å²) >= 11 is 0. The van der Waals surface area contributed by atoms with E-state index in [2.05, 4.69) is 26.6 Å². The Morgan fingerprint density at radius 3 is 1.25 bits per heavy atom. The third-order valence-electron chi connectivity index (χ3n) is 7.67. The predicted molar refractivity (Wildman–Crippen MR) is 179 cm³/mol. The van der Waals surface area contributed by atoms with Gasteiger partial charge in [0.2, 0.25) is 23.6 Å². The quantitative estimate of drug-likeness (QED) is 0.118. The SMILES string of the molecule is CC(C)[C@](C)(NC(=O)C(C)(C)NC(=O)C(C)(C)NC(=O)C(C)(C)NC(=O)C(C)(C)NC(=O)c1ccc([N+](=O)[O-])cc1)C(=O)OC(C)(C)C. The molecule has 1 aromatic carbocycles. The van der Waals surface area contributed by atoms with Crippen molar-refractivity contribution in [2.24, 2.45) is 5.92 Å². The fourth-order valence-corrected chi connectivity index (χ4v) is 3.85. The summed E-state index contributed by atoms with van der Waals surface area (Å²) in [6.07, 6.45) is 0. The van der Waals surface area contributed by atoms with E-state index < -0.39 is 73.7 Å². The number of amides is 5. The molecule has 1 aromatic rings. The van der Waals surface area contributed by atoms with Crippen LogP contribution in [-0.2, 0) is 28.7 Å². The zero-order valence-electron chi connectivity index (χ0n) is 30.5. The molecule has 5 N–H and O–H groups in total. The Balaban J connectivity index is 2.99. The van der Waals surface area contributed by atoms with Crippen LogP contribution >= 0.6 is 0 Å². The van der Waals surface area contributed by atoms with Crippen LogP contribution in [0, 0.1) is 16.0 Å². The van der Waals surface area contributed by atoms with Crippen LogP contribution in [0.3, 0.4) is 0 Å². The van der Waals surface area contributed by atoms with E-state index in [1.807, 2.05) is 0 Å². The summed E-state index contributed by atoms with van der Waals surface area (Å²) in [5.74, 6) is -4.52. The molecule has 0 aliphatic rings. The highest BCUT2D eigenvalue weighted by Gasteiger charge is 2.46. The minimum Gasteiger partial charge on any atom is -0.458 e. The maximum absolute atomic E-state index is 13.4. The first kappa shape index (κ1) is 41.5. The molecular weight excluding hydrogens is 624 g/mol. The molecule has 0 heterocycles. The van der Waals surface area contributed by atoms with Gasteiger partial charge in [-0.2, -0.15) is 0 Å². The first-order valence-corrected chi connectivity index (χ1v) is 15.5. The molecule has 48 heavy (non-hydrogen) atoms. The molecule has 0 spiro atoms. The van der Waals surface area contributed by atoms with E-state index in [4.69, 9.17) is 4.74 Å². The number of esters is 1. The highest BCUT2D eigenvalue weighted by atomic mass is 16.6. The molecule has 1 atom stereocenters. The normalized spacial score (nSPS) is 13.8. The third-order valence-corrected chi connectivity index (χ3v) is 7.67. The molecule has 0 aromatic heterocycles. The van der Waals surface area contributed by atoms with Crippen molar-refractivity contribution >= 4 is 41.2 Å². The Morgan fingerprint density at radius 2 is 0.938 bits per heavy atom. The second-order valence-corrected chi connectivity index (χ2v) is 15.4. The lowest BCUT2D eigenvalue weighted by atomic mass is 9.86. The molecule has 0 bridgehead atoms. The zero-order chi connectivity index (χ0) is 37.8. The number of non-ortho nitro benzene ring substituents is 1. The Labute approximate surface area is 282 Å². The summed E-state index contributed by atoms with van der Waals surface area (Å²) in [6.45, 7) is 21.6. The average molecular weight is 677 g/mol. The van der Waals surface area contributed by atoms with E-state index in [0.29, 0.717) is 0 Å². The molecule has 0 radical (unpaired) electrons. The number of carbonyl (C=O) groups is 6. The number of nitrogens with one attached hydrogen (secondary N) is 5. The fraction of sp³-hybridized carbons (Fsp3) is 0.636. The number of nitro groups is 1. The Morgan fingerprint density at radius 1 is 0.604 bits per heavy atom. The van der Waals surface area contributed by atoms with Gasteiger partial charge < -0.3 is 31.3 Å². The van der Waals surface area contributed by atoms with Crippen molar-refractivity contribution in [2.45, 2.75) is 130 Å². The minimum atomic E-state index is -1.58. The van der Waals surface area contributed by atoms with Crippen molar-refractivity contribution in [3.8, 4) is 0 Å². The summed E-state index contributed by atoms with van der Waals surface area (Å²) in [5.41, 5.74) is -8.54. The number of rotatable bonds is 13. The summed E-state index contributed by atoms with van der Waals surface area (Å²) in [6, 6.07) is 4.82. The first-order valence-electron chi connectivity index (χ1n) is 15.5. The van der Waals surface area contributed by atoms with Crippen LogP contribution in [0.2, 0.25) is 0 Å². The average Bonchev–Trinajstić information content (AvgIpc) is 2.90. The van der Waals surface area contributed by atoms with E-state index in [0.717, 1.165) is 12.1 Å². The fourth-order valence-electron chi connectivity index (χ4n) is 3.85. The van der Waals surface area contributed by atoms with Gasteiger partial charge in [-0.05, 0) is 101 Å². The number of carbonyl (C=O) groups excluding carboxylic acids is 6. The van der Waals surface area contributed by atoms with Crippen LogP contribution < -0.4 is 26.6 Å². The lowest BCUT2D eigenvalue weighted by Gasteiger charge is -2.39. The number of hydrogen-bond acceptors (Lipinski definition) is 9. The molecule has 0 fully saturated rings. The van der Waals surface area contributed by atoms with Crippen molar-refractivity contribution in [2.75, 3.05) is 0 Å². The van der Waals surface area contributed by atoms with Gasteiger partial charge in [-0.3, -0.25) is 34.1 Å². The van der Waals surface area contributed by atoms with E-state index >= 15 is 0 Å². The van der Waals surface area contributed by atoms with Gasteiger partial charge in [0.05, 0.1) is 4.92 Å². The van der Waals surface area contributed by atoms with E-state index in [-0.39, 0.29) is 17.2 Å². The summed E-state index contributed by atoms with van der Waals surface area (Å²) in [5, 5.41) is 23.9. The minimum absolute atomic E-state index is 0.0847. The van der Waals surface area contributed by atoms with E-state index in [1.165, 1.54) is 67.5 Å². The van der Waals surface area contributed by atoms with Crippen molar-refractivity contribution in [3.63, 3.8) is 0 Å². The molecular formula is C33H52N6O9. The van der Waals surface area contributed by atoms with Gasteiger partial charge in [-0.25, -0.2) is 4.79 Å². The highest BCUT2D eigenvalue weighted by Crippen LogP contribution is 2.23. The maximum atomic E-state index is 13.4. The molecule has 15 nitrogen and oxygen atoms in total.